The molecule has 0 aromatic carbocycles. The van der Waals surface area contributed by atoms with E-state index in [-0.39, 0.29) is 6.17 Å². The van der Waals surface area contributed by atoms with Gasteiger partial charge in [0.2, 0.25) is 0 Å². The van der Waals surface area contributed by atoms with Crippen molar-refractivity contribution in [2.45, 2.75) is 6.17 Å². The van der Waals surface area contributed by atoms with Gasteiger partial charge >= 0.3 is 0 Å². The zero-order valence-electron chi connectivity index (χ0n) is 6.33. The fraction of sp³-hybridized carbons (Fsp3) is 0.429. The van der Waals surface area contributed by atoms with Crippen LogP contribution in [0.1, 0.15) is 0 Å². The number of rotatable bonds is 1. The van der Waals surface area contributed by atoms with Crippen LogP contribution in [0.4, 0.5) is 0 Å². The molecule has 0 fully saturated rings. The molecule has 0 spiro atoms. The summed E-state index contributed by atoms with van der Waals surface area (Å²) in [6.45, 7) is 0. The van der Waals surface area contributed by atoms with Gasteiger partial charge in [-0.2, -0.15) is 0 Å². The van der Waals surface area contributed by atoms with Crippen LogP contribution in [-0.2, 0) is 0 Å². The summed E-state index contributed by atoms with van der Waals surface area (Å²) in [6, 6.07) is 0. The van der Waals surface area contributed by atoms with Crippen LogP contribution in [0.3, 0.4) is 0 Å². The van der Waals surface area contributed by atoms with Gasteiger partial charge in [0, 0.05) is 26.0 Å². The van der Waals surface area contributed by atoms with E-state index in [2.05, 4.69) is 5.32 Å². The molecule has 3 heteroatoms. The first-order chi connectivity index (χ1) is 4.75. The fourth-order valence-corrected chi connectivity index (χ4v) is 0.924. The average Bonchev–Trinajstić information content (AvgIpc) is 1.95. The summed E-state index contributed by atoms with van der Waals surface area (Å²) in [5.41, 5.74) is 6.82. The van der Waals surface area contributed by atoms with Crippen LogP contribution in [0.25, 0.3) is 0 Å². The lowest BCUT2D eigenvalue weighted by molar-refractivity contribution is 0.361. The van der Waals surface area contributed by atoms with E-state index in [9.17, 15) is 0 Å². The Morgan fingerprint density at radius 1 is 1.70 bits per heavy atom. The molecule has 1 unspecified atom stereocenters. The summed E-state index contributed by atoms with van der Waals surface area (Å²) in [6.07, 6.45) is 5.88. The van der Waals surface area contributed by atoms with Crippen molar-refractivity contribution < 1.29 is 0 Å². The molecule has 0 radical (unpaired) electrons. The quantitative estimate of drug-likeness (QED) is 0.530. The minimum atomic E-state index is -0.0185. The van der Waals surface area contributed by atoms with E-state index in [1.807, 2.05) is 37.3 Å². The number of hydrogen-bond donors (Lipinski definition) is 2. The van der Waals surface area contributed by atoms with Crippen LogP contribution in [0.5, 0.6) is 0 Å². The molecule has 1 aliphatic heterocycles. The van der Waals surface area contributed by atoms with E-state index >= 15 is 0 Å². The summed E-state index contributed by atoms with van der Waals surface area (Å²) in [4.78, 5) is 1.95. The number of hydrogen-bond acceptors (Lipinski definition) is 3. The largest absolute Gasteiger partial charge is 0.389 e. The lowest BCUT2D eigenvalue weighted by Crippen LogP contribution is -2.42. The highest BCUT2D eigenvalue weighted by Crippen LogP contribution is 2.05. The van der Waals surface area contributed by atoms with Gasteiger partial charge in [-0.1, -0.05) is 0 Å². The number of likely N-dealkylation sites (N-methyl/N-ethyl adjacent to an activating group) is 2. The number of allylic oxidation sites excluding steroid dienone is 2. The predicted octanol–water partition coefficient (Wildman–Crippen LogP) is -0.166. The molecule has 3 N–H and O–H groups in total. The van der Waals surface area contributed by atoms with Gasteiger partial charge in [0.05, 0.1) is 0 Å². The zero-order valence-corrected chi connectivity index (χ0v) is 6.33. The lowest BCUT2D eigenvalue weighted by atomic mass is 10.2. The normalized spacial score (nSPS) is 24.5. The van der Waals surface area contributed by atoms with Gasteiger partial charge in [-0.25, -0.2) is 0 Å². The molecule has 0 aromatic heterocycles. The summed E-state index contributed by atoms with van der Waals surface area (Å²) in [5, 5.41) is 3.03. The van der Waals surface area contributed by atoms with Crippen molar-refractivity contribution in [3.05, 3.63) is 24.0 Å². The molecule has 0 saturated carbocycles. The SMILES string of the molecule is CNC1=CC=CN(C)C1N. The highest BCUT2D eigenvalue weighted by atomic mass is 15.2. The molecule has 0 aromatic rings. The van der Waals surface area contributed by atoms with Crippen LogP contribution in [0, 0.1) is 0 Å². The molecule has 1 rings (SSSR count). The second-order valence-electron chi connectivity index (χ2n) is 2.32. The van der Waals surface area contributed by atoms with Crippen LogP contribution in [-0.4, -0.2) is 25.2 Å². The van der Waals surface area contributed by atoms with Gasteiger partial charge in [-0.3, -0.25) is 0 Å². The van der Waals surface area contributed by atoms with Crippen LogP contribution in [0.2, 0.25) is 0 Å². The molecule has 0 saturated heterocycles. The van der Waals surface area contributed by atoms with Gasteiger partial charge < -0.3 is 16.0 Å². The molecule has 0 amide bonds. The number of nitrogens with two attached hydrogens (primary N) is 1. The molecule has 1 atom stereocenters. The van der Waals surface area contributed by atoms with Crippen molar-refractivity contribution >= 4 is 0 Å². The Bertz CT molecular complexity index is 172. The Kier molecular flexibility index (Phi) is 1.97. The van der Waals surface area contributed by atoms with Crippen LogP contribution < -0.4 is 11.1 Å². The molecular weight excluding hydrogens is 126 g/mol. The second kappa shape index (κ2) is 2.75. The maximum atomic E-state index is 5.78. The zero-order chi connectivity index (χ0) is 7.56. The highest BCUT2D eigenvalue weighted by Gasteiger charge is 2.11. The Morgan fingerprint density at radius 3 is 2.90 bits per heavy atom. The lowest BCUT2D eigenvalue weighted by Gasteiger charge is -2.27. The maximum Gasteiger partial charge on any atom is 0.117 e. The van der Waals surface area contributed by atoms with Crippen molar-refractivity contribution in [1.82, 2.24) is 10.2 Å². The van der Waals surface area contributed by atoms with E-state index < -0.39 is 0 Å². The summed E-state index contributed by atoms with van der Waals surface area (Å²) in [5.74, 6) is 0. The third kappa shape index (κ3) is 1.14. The predicted molar refractivity (Wildman–Crippen MR) is 42.0 cm³/mol. The monoisotopic (exact) mass is 139 g/mol. The smallest absolute Gasteiger partial charge is 0.117 e. The molecule has 10 heavy (non-hydrogen) atoms. The molecular formula is C7H13N3. The molecule has 3 nitrogen and oxygen atoms in total. The van der Waals surface area contributed by atoms with E-state index in [1.54, 1.807) is 0 Å². The van der Waals surface area contributed by atoms with Gasteiger partial charge in [0.15, 0.2) is 0 Å². The van der Waals surface area contributed by atoms with Gasteiger partial charge in [-0.05, 0) is 12.2 Å². The standard InChI is InChI=1S/C7H13N3/c1-9-6-4-3-5-10(2)7(6)8/h3-5,7,9H,8H2,1-2H3. The van der Waals surface area contributed by atoms with Crippen molar-refractivity contribution in [3.63, 3.8) is 0 Å². The van der Waals surface area contributed by atoms with E-state index in [4.69, 9.17) is 5.73 Å². The highest BCUT2D eigenvalue weighted by molar-refractivity contribution is 5.20. The molecule has 1 heterocycles. The number of nitrogens with zero attached hydrogens (tertiary/aromatic N) is 1. The van der Waals surface area contributed by atoms with E-state index in [0.717, 1.165) is 5.70 Å². The van der Waals surface area contributed by atoms with Crippen LogP contribution >= 0.6 is 0 Å². The minimum absolute atomic E-state index is 0.0185. The van der Waals surface area contributed by atoms with Gasteiger partial charge in [-0.15, -0.1) is 0 Å². The summed E-state index contributed by atoms with van der Waals surface area (Å²) in [7, 11) is 3.82. The third-order valence-electron chi connectivity index (χ3n) is 1.64. The number of nitrogens with one attached hydrogen (secondary N) is 1. The van der Waals surface area contributed by atoms with Gasteiger partial charge in [0.25, 0.3) is 0 Å². The molecule has 56 valence electrons. The van der Waals surface area contributed by atoms with Crippen molar-refractivity contribution in [1.29, 1.82) is 0 Å². The maximum absolute atomic E-state index is 5.78. The molecule has 0 bridgehead atoms. The summed E-state index contributed by atoms with van der Waals surface area (Å²) >= 11 is 0. The van der Waals surface area contributed by atoms with Crippen molar-refractivity contribution in [2.24, 2.45) is 5.73 Å². The van der Waals surface area contributed by atoms with E-state index in [1.165, 1.54) is 0 Å². The first kappa shape index (κ1) is 7.15. The van der Waals surface area contributed by atoms with Crippen LogP contribution in [0.15, 0.2) is 24.0 Å². The molecule has 1 aliphatic rings. The second-order valence-corrected chi connectivity index (χ2v) is 2.32. The van der Waals surface area contributed by atoms with Gasteiger partial charge in [0.1, 0.15) is 6.17 Å². The Morgan fingerprint density at radius 2 is 2.40 bits per heavy atom. The fourth-order valence-electron chi connectivity index (χ4n) is 0.924. The topological polar surface area (TPSA) is 41.3 Å². The third-order valence-corrected chi connectivity index (χ3v) is 1.64. The summed E-state index contributed by atoms with van der Waals surface area (Å²) < 4.78 is 0. The average molecular weight is 139 g/mol. The minimum Gasteiger partial charge on any atom is -0.389 e. The first-order valence-electron chi connectivity index (χ1n) is 3.29. The Hall–Kier alpha value is -0.960. The van der Waals surface area contributed by atoms with Crippen molar-refractivity contribution in [2.75, 3.05) is 14.1 Å². The van der Waals surface area contributed by atoms with E-state index in [0.29, 0.717) is 0 Å². The Labute approximate surface area is 61.2 Å². The molecule has 0 aliphatic carbocycles. The Balaban J connectivity index is 2.71. The van der Waals surface area contributed by atoms with Crippen molar-refractivity contribution in [3.8, 4) is 0 Å². The first-order valence-corrected chi connectivity index (χ1v) is 3.29.